The van der Waals surface area contributed by atoms with E-state index in [0.717, 1.165) is 27.4 Å². The highest BCUT2D eigenvalue weighted by Crippen LogP contribution is 2.26. The van der Waals surface area contributed by atoms with E-state index in [-0.39, 0.29) is 0 Å². The van der Waals surface area contributed by atoms with Gasteiger partial charge in [-0.15, -0.1) is 0 Å². The lowest BCUT2D eigenvalue weighted by atomic mass is 10.2. The van der Waals surface area contributed by atoms with Gasteiger partial charge in [0.15, 0.2) is 0 Å². The van der Waals surface area contributed by atoms with Crippen molar-refractivity contribution in [1.82, 2.24) is 14.9 Å². The average molecular weight is 294 g/mol. The van der Waals surface area contributed by atoms with Crippen LogP contribution in [0.3, 0.4) is 0 Å². The van der Waals surface area contributed by atoms with Crippen molar-refractivity contribution >= 4 is 28.1 Å². The van der Waals surface area contributed by atoms with Gasteiger partial charge in [0.25, 0.3) is 0 Å². The number of hydrogen-bond donors (Lipinski definition) is 1. The van der Waals surface area contributed by atoms with Gasteiger partial charge in [0.1, 0.15) is 5.82 Å². The number of nitrogens with zero attached hydrogens (tertiary/aromatic N) is 2. The number of hydrogen-bond acceptors (Lipinski definition) is 2. The molecule has 0 saturated carbocycles. The third kappa shape index (κ3) is 2.11. The molecule has 1 saturated heterocycles. The summed E-state index contributed by atoms with van der Waals surface area (Å²) >= 11 is 3.54. The molecule has 4 heteroatoms. The summed E-state index contributed by atoms with van der Waals surface area (Å²) < 4.78 is 1.13. The molecule has 3 rings (SSSR count). The van der Waals surface area contributed by atoms with Crippen molar-refractivity contribution in [1.29, 1.82) is 0 Å². The van der Waals surface area contributed by atoms with E-state index in [1.54, 1.807) is 0 Å². The molecule has 2 aliphatic rings. The van der Waals surface area contributed by atoms with Crippen LogP contribution in [0.2, 0.25) is 0 Å². The molecule has 0 spiro atoms. The zero-order chi connectivity index (χ0) is 11.8. The Morgan fingerprint density at radius 3 is 3.12 bits per heavy atom. The fourth-order valence-corrected chi connectivity index (χ4v) is 2.99. The van der Waals surface area contributed by atoms with Crippen LogP contribution in [-0.4, -0.2) is 28.5 Å². The molecule has 90 valence electrons. The summed E-state index contributed by atoms with van der Waals surface area (Å²) in [7, 11) is 2.18. The maximum Gasteiger partial charge on any atom is 0.124 e. The van der Waals surface area contributed by atoms with Crippen molar-refractivity contribution in [2.24, 2.45) is 0 Å². The van der Waals surface area contributed by atoms with Crippen LogP contribution in [0.1, 0.15) is 31.1 Å². The third-order valence-electron chi connectivity index (χ3n) is 3.52. The van der Waals surface area contributed by atoms with Gasteiger partial charge in [-0.05, 0) is 38.9 Å². The Kier molecular flexibility index (Phi) is 2.92. The van der Waals surface area contributed by atoms with Crippen LogP contribution in [0, 0.1) is 0 Å². The number of allylic oxidation sites excluding steroid dienone is 2. The molecule has 1 N–H and O–H groups in total. The average Bonchev–Trinajstić information content (AvgIpc) is 2.82. The fourth-order valence-electron chi connectivity index (χ4n) is 2.58. The lowest BCUT2D eigenvalue weighted by molar-refractivity contribution is 0.307. The first kappa shape index (κ1) is 11.2. The number of H-pyrrole nitrogens is 1. The van der Waals surface area contributed by atoms with Crippen molar-refractivity contribution < 1.29 is 0 Å². The van der Waals surface area contributed by atoms with Crippen LogP contribution in [0.4, 0.5) is 0 Å². The highest BCUT2D eigenvalue weighted by atomic mass is 79.9. The van der Waals surface area contributed by atoms with E-state index in [0.29, 0.717) is 6.04 Å². The molecule has 0 radical (unpaired) electrons. The van der Waals surface area contributed by atoms with Gasteiger partial charge in [0.05, 0.1) is 16.7 Å². The van der Waals surface area contributed by atoms with Gasteiger partial charge in [-0.1, -0.05) is 28.1 Å². The lowest BCUT2D eigenvalue weighted by Gasteiger charge is -2.16. The van der Waals surface area contributed by atoms with Gasteiger partial charge in [0.2, 0.25) is 0 Å². The largest absolute Gasteiger partial charge is 0.341 e. The number of fused-ring (bicyclic) bond motifs is 1. The smallest absolute Gasteiger partial charge is 0.124 e. The van der Waals surface area contributed by atoms with Crippen molar-refractivity contribution in [2.75, 3.05) is 13.6 Å². The summed E-state index contributed by atoms with van der Waals surface area (Å²) in [5.74, 6) is 1.12. The monoisotopic (exact) mass is 293 g/mol. The minimum absolute atomic E-state index is 0.464. The van der Waals surface area contributed by atoms with E-state index >= 15 is 0 Å². The summed E-state index contributed by atoms with van der Waals surface area (Å²) in [6.07, 6.45) is 9.86. The maximum atomic E-state index is 4.74. The van der Waals surface area contributed by atoms with Gasteiger partial charge in [0, 0.05) is 4.48 Å². The minimum Gasteiger partial charge on any atom is -0.341 e. The zero-order valence-corrected chi connectivity index (χ0v) is 11.5. The van der Waals surface area contributed by atoms with E-state index in [1.807, 2.05) is 0 Å². The van der Waals surface area contributed by atoms with E-state index in [1.165, 1.54) is 19.4 Å². The van der Waals surface area contributed by atoms with Crippen molar-refractivity contribution in [3.8, 4) is 0 Å². The molecule has 0 aromatic carbocycles. The van der Waals surface area contributed by atoms with Crippen molar-refractivity contribution in [3.63, 3.8) is 0 Å². The molecular formula is C13H16BrN3. The van der Waals surface area contributed by atoms with Gasteiger partial charge in [-0.3, -0.25) is 4.90 Å². The Hall–Kier alpha value is -0.870. The Bertz CT molecular complexity index is 570. The molecule has 2 heterocycles. The fraction of sp³-hybridized carbons (Fsp3) is 0.462. The first-order chi connectivity index (χ1) is 8.24. The van der Waals surface area contributed by atoms with Crippen LogP contribution in [0.25, 0.3) is 12.2 Å². The minimum atomic E-state index is 0.464. The number of likely N-dealkylation sites (tertiary alicyclic amines) is 1. The van der Waals surface area contributed by atoms with Crippen LogP contribution in [0.5, 0.6) is 0 Å². The summed E-state index contributed by atoms with van der Waals surface area (Å²) in [4.78, 5) is 10.6. The second-order valence-electron chi connectivity index (χ2n) is 4.73. The topological polar surface area (TPSA) is 31.9 Å². The lowest BCUT2D eigenvalue weighted by Crippen LogP contribution is -2.23. The highest BCUT2D eigenvalue weighted by molar-refractivity contribution is 9.12. The Balaban J connectivity index is 2.05. The van der Waals surface area contributed by atoms with E-state index in [4.69, 9.17) is 4.98 Å². The maximum absolute atomic E-state index is 4.74. The first-order valence-corrected chi connectivity index (χ1v) is 6.87. The Labute approximate surface area is 109 Å². The molecule has 1 aliphatic heterocycles. The summed E-state index contributed by atoms with van der Waals surface area (Å²) in [6.45, 7) is 1.17. The van der Waals surface area contributed by atoms with E-state index < -0.39 is 0 Å². The molecular weight excluding hydrogens is 278 g/mol. The molecule has 1 fully saturated rings. The second-order valence-corrected chi connectivity index (χ2v) is 5.65. The summed E-state index contributed by atoms with van der Waals surface area (Å²) in [5.41, 5.74) is 0. The molecule has 1 atom stereocenters. The van der Waals surface area contributed by atoms with Gasteiger partial charge in [-0.2, -0.15) is 0 Å². The first-order valence-electron chi connectivity index (χ1n) is 6.08. The predicted molar refractivity (Wildman–Crippen MR) is 73.0 cm³/mol. The highest BCUT2D eigenvalue weighted by Gasteiger charge is 2.24. The van der Waals surface area contributed by atoms with Crippen molar-refractivity contribution in [2.45, 2.75) is 25.3 Å². The van der Waals surface area contributed by atoms with Crippen LogP contribution in [0.15, 0.2) is 10.6 Å². The second kappa shape index (κ2) is 4.42. The molecule has 1 aromatic rings. The summed E-state index contributed by atoms with van der Waals surface area (Å²) in [6, 6.07) is 0.464. The molecule has 1 aliphatic carbocycles. The molecule has 3 nitrogen and oxygen atoms in total. The van der Waals surface area contributed by atoms with Gasteiger partial charge in [-0.25, -0.2) is 4.98 Å². The van der Waals surface area contributed by atoms with E-state index in [9.17, 15) is 0 Å². The number of halogens is 1. The molecule has 1 aromatic heterocycles. The zero-order valence-electron chi connectivity index (χ0n) is 9.91. The molecule has 0 bridgehead atoms. The molecule has 1 unspecified atom stereocenters. The van der Waals surface area contributed by atoms with Crippen LogP contribution >= 0.6 is 15.9 Å². The van der Waals surface area contributed by atoms with Crippen LogP contribution in [-0.2, 0) is 0 Å². The van der Waals surface area contributed by atoms with Crippen molar-refractivity contribution in [3.05, 3.63) is 27.1 Å². The number of aromatic amines is 1. The molecule has 0 amide bonds. The Morgan fingerprint density at radius 1 is 1.47 bits per heavy atom. The predicted octanol–water partition coefficient (Wildman–Crippen LogP) is 1.42. The summed E-state index contributed by atoms with van der Waals surface area (Å²) in [5, 5.41) is 2.21. The number of imidazole rings is 1. The van der Waals surface area contributed by atoms with Crippen LogP contribution < -0.4 is 10.7 Å². The Morgan fingerprint density at radius 2 is 2.35 bits per heavy atom. The standard InChI is InChI=1S/C13H16BrN3/c1-17-7-3-6-12(17)13-15-10-5-2-4-9(14)8-11(10)16-13/h4-5,8,12H,2-3,6-7H2,1H3,(H,15,16). The van der Waals surface area contributed by atoms with Gasteiger partial charge < -0.3 is 4.98 Å². The quantitative estimate of drug-likeness (QED) is 0.849. The van der Waals surface area contributed by atoms with E-state index in [2.05, 4.69) is 51.1 Å². The third-order valence-corrected chi connectivity index (χ3v) is 4.07. The number of nitrogens with one attached hydrogen (secondary N) is 1. The van der Waals surface area contributed by atoms with Gasteiger partial charge >= 0.3 is 0 Å². The number of aromatic nitrogens is 2. The molecule has 17 heavy (non-hydrogen) atoms. The number of rotatable bonds is 1. The normalized spacial score (nSPS) is 24.6. The SMILES string of the molecule is CN1CCCC1c1nc2c([nH]1)=CC(Br)=CCC=2.